The predicted molar refractivity (Wildman–Crippen MR) is 64.7 cm³/mol. The molecule has 1 atom stereocenters. The van der Waals surface area contributed by atoms with Crippen molar-refractivity contribution in [2.75, 3.05) is 13.1 Å². The van der Waals surface area contributed by atoms with Crippen LogP contribution < -0.4 is 10.6 Å². The van der Waals surface area contributed by atoms with Crippen LogP contribution >= 0.6 is 0 Å². The summed E-state index contributed by atoms with van der Waals surface area (Å²) >= 11 is 0. The number of hydrogen-bond acceptors (Lipinski definition) is 3. The number of carboxylic acid groups (broad SMARTS) is 1. The van der Waals surface area contributed by atoms with Gasteiger partial charge in [0.25, 0.3) is 0 Å². The average molecular weight is 242 g/mol. The number of hydrogen-bond donors (Lipinski definition) is 3. The van der Waals surface area contributed by atoms with Crippen LogP contribution in [0, 0.1) is 5.41 Å². The van der Waals surface area contributed by atoms with Gasteiger partial charge in [0.1, 0.15) is 0 Å². The Labute approximate surface area is 102 Å². The maximum Gasteiger partial charge on any atom is 0.303 e. The van der Waals surface area contributed by atoms with E-state index in [0.29, 0.717) is 6.42 Å². The Kier molecular flexibility index (Phi) is 4.93. The van der Waals surface area contributed by atoms with Crippen molar-refractivity contribution >= 4 is 11.9 Å². The van der Waals surface area contributed by atoms with E-state index in [9.17, 15) is 9.59 Å². The second kappa shape index (κ2) is 6.00. The largest absolute Gasteiger partial charge is 0.481 e. The minimum absolute atomic E-state index is 0.0527. The maximum atomic E-state index is 12.1. The number of piperidine rings is 1. The van der Waals surface area contributed by atoms with Crippen molar-refractivity contribution in [1.82, 2.24) is 10.6 Å². The standard InChI is InChI=1S/C12H22N2O3/c1-9(3-4-10(15)16)14-11(17)12(2)5-7-13-8-6-12/h9,13H,3-8H2,1-2H3,(H,14,17)(H,15,16). The van der Waals surface area contributed by atoms with Crippen LogP contribution in [0.2, 0.25) is 0 Å². The van der Waals surface area contributed by atoms with Crippen LogP contribution in [0.1, 0.15) is 39.5 Å². The molecule has 1 fully saturated rings. The van der Waals surface area contributed by atoms with Crippen LogP contribution in [0.3, 0.4) is 0 Å². The summed E-state index contributed by atoms with van der Waals surface area (Å²) in [5.41, 5.74) is -0.303. The molecule has 17 heavy (non-hydrogen) atoms. The van der Waals surface area contributed by atoms with E-state index in [2.05, 4.69) is 10.6 Å². The van der Waals surface area contributed by atoms with Crippen LogP contribution in [0.15, 0.2) is 0 Å². The summed E-state index contributed by atoms with van der Waals surface area (Å²) in [6.45, 7) is 5.57. The van der Waals surface area contributed by atoms with Gasteiger partial charge in [0.15, 0.2) is 0 Å². The molecule has 98 valence electrons. The van der Waals surface area contributed by atoms with Crippen LogP contribution in [-0.4, -0.2) is 36.1 Å². The summed E-state index contributed by atoms with van der Waals surface area (Å²) < 4.78 is 0. The predicted octanol–water partition coefficient (Wildman–Crippen LogP) is 0.746. The minimum Gasteiger partial charge on any atom is -0.481 e. The fourth-order valence-electron chi connectivity index (χ4n) is 2.02. The summed E-state index contributed by atoms with van der Waals surface area (Å²) in [7, 11) is 0. The summed E-state index contributed by atoms with van der Waals surface area (Å²) in [5, 5.41) is 14.7. The third-order valence-corrected chi connectivity index (χ3v) is 3.42. The van der Waals surface area contributed by atoms with Gasteiger partial charge < -0.3 is 15.7 Å². The summed E-state index contributed by atoms with van der Waals surface area (Å²) in [6, 6.07) is -0.0784. The number of carbonyl (C=O) groups is 2. The van der Waals surface area contributed by atoms with Gasteiger partial charge in [-0.1, -0.05) is 6.92 Å². The van der Waals surface area contributed by atoms with Gasteiger partial charge >= 0.3 is 5.97 Å². The van der Waals surface area contributed by atoms with Crippen molar-refractivity contribution < 1.29 is 14.7 Å². The molecule has 1 aliphatic heterocycles. The SMILES string of the molecule is CC(CCC(=O)O)NC(=O)C1(C)CCNCC1. The lowest BCUT2D eigenvalue weighted by Gasteiger charge is -2.33. The van der Waals surface area contributed by atoms with Gasteiger partial charge in [0.2, 0.25) is 5.91 Å². The Morgan fingerprint density at radius 2 is 2.00 bits per heavy atom. The molecule has 1 unspecified atom stereocenters. The third kappa shape index (κ3) is 4.34. The molecule has 0 radical (unpaired) electrons. The highest BCUT2D eigenvalue weighted by atomic mass is 16.4. The Hall–Kier alpha value is -1.10. The molecule has 1 heterocycles. The molecule has 0 aromatic rings. The first-order chi connectivity index (χ1) is 7.94. The van der Waals surface area contributed by atoms with E-state index in [1.54, 1.807) is 0 Å². The summed E-state index contributed by atoms with van der Waals surface area (Å²) in [5.74, 6) is -0.768. The van der Waals surface area contributed by atoms with Gasteiger partial charge in [-0.05, 0) is 39.3 Å². The van der Waals surface area contributed by atoms with Crippen molar-refractivity contribution in [2.45, 2.75) is 45.6 Å². The first kappa shape index (κ1) is 14.0. The van der Waals surface area contributed by atoms with E-state index in [1.165, 1.54) is 0 Å². The molecule has 1 amide bonds. The molecule has 1 rings (SSSR count). The second-order valence-electron chi connectivity index (χ2n) is 5.12. The molecule has 3 N–H and O–H groups in total. The van der Waals surface area contributed by atoms with Crippen molar-refractivity contribution in [2.24, 2.45) is 5.41 Å². The summed E-state index contributed by atoms with van der Waals surface area (Å²) in [6.07, 6.45) is 2.25. The smallest absolute Gasteiger partial charge is 0.303 e. The highest BCUT2D eigenvalue weighted by Crippen LogP contribution is 2.28. The molecule has 0 aromatic carbocycles. The molecule has 0 saturated carbocycles. The molecule has 5 heteroatoms. The van der Waals surface area contributed by atoms with Gasteiger partial charge in [0, 0.05) is 17.9 Å². The highest BCUT2D eigenvalue weighted by molar-refractivity contribution is 5.82. The zero-order valence-corrected chi connectivity index (χ0v) is 10.6. The lowest BCUT2D eigenvalue weighted by atomic mass is 9.80. The van der Waals surface area contributed by atoms with E-state index in [1.807, 2.05) is 13.8 Å². The molecule has 0 aromatic heterocycles. The van der Waals surface area contributed by atoms with Crippen molar-refractivity contribution in [1.29, 1.82) is 0 Å². The van der Waals surface area contributed by atoms with Crippen molar-refractivity contribution in [3.8, 4) is 0 Å². The molecule has 1 aliphatic rings. The maximum absolute atomic E-state index is 12.1. The van der Waals surface area contributed by atoms with E-state index >= 15 is 0 Å². The Morgan fingerprint density at radius 1 is 1.41 bits per heavy atom. The van der Waals surface area contributed by atoms with Crippen LogP contribution in [0.4, 0.5) is 0 Å². The Morgan fingerprint density at radius 3 is 2.53 bits per heavy atom. The number of amides is 1. The number of aliphatic carboxylic acids is 1. The monoisotopic (exact) mass is 242 g/mol. The fourth-order valence-corrected chi connectivity index (χ4v) is 2.02. The van der Waals surface area contributed by atoms with Crippen LogP contribution in [-0.2, 0) is 9.59 Å². The normalized spacial score (nSPS) is 20.6. The van der Waals surface area contributed by atoms with Gasteiger partial charge in [-0.25, -0.2) is 0 Å². The lowest BCUT2D eigenvalue weighted by molar-refractivity contribution is -0.138. The van der Waals surface area contributed by atoms with E-state index < -0.39 is 5.97 Å². The molecule has 5 nitrogen and oxygen atoms in total. The van der Waals surface area contributed by atoms with E-state index in [-0.39, 0.29) is 23.8 Å². The molecule has 0 aliphatic carbocycles. The molecule has 0 bridgehead atoms. The molecular weight excluding hydrogens is 220 g/mol. The van der Waals surface area contributed by atoms with Crippen LogP contribution in [0.25, 0.3) is 0 Å². The first-order valence-corrected chi connectivity index (χ1v) is 6.17. The third-order valence-electron chi connectivity index (χ3n) is 3.42. The first-order valence-electron chi connectivity index (χ1n) is 6.17. The molecule has 1 saturated heterocycles. The van der Waals surface area contributed by atoms with Crippen molar-refractivity contribution in [3.05, 3.63) is 0 Å². The lowest BCUT2D eigenvalue weighted by Crippen LogP contribution is -2.48. The number of nitrogens with one attached hydrogen (secondary N) is 2. The zero-order valence-electron chi connectivity index (χ0n) is 10.6. The number of rotatable bonds is 5. The average Bonchev–Trinajstić information content (AvgIpc) is 2.27. The zero-order chi connectivity index (χ0) is 12.9. The van der Waals surface area contributed by atoms with Gasteiger partial charge in [-0.15, -0.1) is 0 Å². The summed E-state index contributed by atoms with van der Waals surface area (Å²) in [4.78, 5) is 22.5. The van der Waals surface area contributed by atoms with Gasteiger partial charge in [-0.3, -0.25) is 9.59 Å². The topological polar surface area (TPSA) is 78.4 Å². The van der Waals surface area contributed by atoms with Crippen molar-refractivity contribution in [3.63, 3.8) is 0 Å². The van der Waals surface area contributed by atoms with Gasteiger partial charge in [0.05, 0.1) is 0 Å². The Balaban J connectivity index is 2.39. The van der Waals surface area contributed by atoms with Crippen LogP contribution in [0.5, 0.6) is 0 Å². The minimum atomic E-state index is -0.820. The number of carboxylic acids is 1. The molecular formula is C12H22N2O3. The van der Waals surface area contributed by atoms with E-state index in [0.717, 1.165) is 25.9 Å². The highest BCUT2D eigenvalue weighted by Gasteiger charge is 2.34. The quantitative estimate of drug-likeness (QED) is 0.664. The molecule has 0 spiro atoms. The fraction of sp³-hybridized carbons (Fsp3) is 0.833. The van der Waals surface area contributed by atoms with Gasteiger partial charge in [-0.2, -0.15) is 0 Å². The number of carbonyl (C=O) groups excluding carboxylic acids is 1. The van der Waals surface area contributed by atoms with E-state index in [4.69, 9.17) is 5.11 Å². The Bertz CT molecular complexity index is 285. The second-order valence-corrected chi connectivity index (χ2v) is 5.12.